The first-order chi connectivity index (χ1) is 9.91. The van der Waals surface area contributed by atoms with Crippen molar-refractivity contribution < 1.29 is 17.9 Å². The van der Waals surface area contributed by atoms with Crippen LogP contribution in [0, 0.1) is 0 Å². The van der Waals surface area contributed by atoms with E-state index in [9.17, 15) is 13.2 Å². The van der Waals surface area contributed by atoms with E-state index in [1.165, 1.54) is 6.07 Å². The predicted molar refractivity (Wildman–Crippen MR) is 74.5 cm³/mol. The average molecular weight is 295 g/mol. The summed E-state index contributed by atoms with van der Waals surface area (Å²) >= 11 is 0. The number of para-hydroxylation sites is 1. The number of benzene rings is 1. The van der Waals surface area contributed by atoms with Gasteiger partial charge >= 0.3 is 6.18 Å². The third-order valence-corrected chi connectivity index (χ3v) is 3.34. The Balaban J connectivity index is 2.23. The first kappa shape index (κ1) is 15.4. The summed E-state index contributed by atoms with van der Waals surface area (Å²) in [7, 11) is 0. The fourth-order valence-electron chi connectivity index (χ4n) is 1.92. The molecular formula is C16H16F3NO. The number of halogens is 3. The minimum absolute atomic E-state index is 0.152. The molecule has 0 aliphatic heterocycles. The first-order valence-electron chi connectivity index (χ1n) is 6.72. The molecule has 0 saturated heterocycles. The van der Waals surface area contributed by atoms with Crippen LogP contribution < -0.4 is 4.74 Å². The van der Waals surface area contributed by atoms with E-state index in [2.05, 4.69) is 18.8 Å². The summed E-state index contributed by atoms with van der Waals surface area (Å²) in [6.45, 7) is 4.14. The topological polar surface area (TPSA) is 22.1 Å². The van der Waals surface area contributed by atoms with Gasteiger partial charge in [0.1, 0.15) is 5.75 Å². The standard InChI is InChI=1S/C16H16F3NO/c1-3-11(2)13-6-4-5-7-14(13)21-15-9-8-12(10-20-15)16(17,18)19/h4-11H,3H2,1-2H3. The Morgan fingerprint density at radius 3 is 2.43 bits per heavy atom. The maximum absolute atomic E-state index is 12.5. The molecule has 0 aliphatic rings. The predicted octanol–water partition coefficient (Wildman–Crippen LogP) is 5.41. The highest BCUT2D eigenvalue weighted by Crippen LogP contribution is 2.33. The van der Waals surface area contributed by atoms with Gasteiger partial charge in [0.05, 0.1) is 5.56 Å². The highest BCUT2D eigenvalue weighted by molar-refractivity contribution is 5.38. The van der Waals surface area contributed by atoms with Gasteiger partial charge in [0.2, 0.25) is 5.88 Å². The Bertz CT molecular complexity index is 593. The van der Waals surface area contributed by atoms with Crippen molar-refractivity contribution in [2.45, 2.75) is 32.4 Å². The van der Waals surface area contributed by atoms with Crippen molar-refractivity contribution in [1.29, 1.82) is 0 Å². The molecule has 0 spiro atoms. The summed E-state index contributed by atoms with van der Waals surface area (Å²) < 4.78 is 43.1. The molecule has 2 aromatic rings. The van der Waals surface area contributed by atoms with Gasteiger partial charge in [0.15, 0.2) is 0 Å². The van der Waals surface area contributed by atoms with E-state index in [4.69, 9.17) is 4.74 Å². The molecule has 1 aromatic heterocycles. The Hall–Kier alpha value is -2.04. The van der Waals surface area contributed by atoms with Crippen molar-refractivity contribution in [3.8, 4) is 11.6 Å². The van der Waals surface area contributed by atoms with Crippen LogP contribution in [0.15, 0.2) is 42.6 Å². The summed E-state index contributed by atoms with van der Waals surface area (Å²) in [5, 5.41) is 0. The molecule has 112 valence electrons. The highest BCUT2D eigenvalue weighted by Gasteiger charge is 2.30. The van der Waals surface area contributed by atoms with Crippen LogP contribution in [0.25, 0.3) is 0 Å². The molecule has 1 aromatic carbocycles. The van der Waals surface area contributed by atoms with E-state index in [0.717, 1.165) is 24.2 Å². The SMILES string of the molecule is CCC(C)c1ccccc1Oc1ccc(C(F)(F)F)cn1. The van der Waals surface area contributed by atoms with Crippen molar-refractivity contribution in [1.82, 2.24) is 4.98 Å². The van der Waals surface area contributed by atoms with Crippen molar-refractivity contribution >= 4 is 0 Å². The van der Waals surface area contributed by atoms with Crippen LogP contribution in [0.5, 0.6) is 11.6 Å². The van der Waals surface area contributed by atoms with Gasteiger partial charge in [-0.15, -0.1) is 0 Å². The number of rotatable bonds is 4. The Kier molecular flexibility index (Phi) is 4.50. The monoisotopic (exact) mass is 295 g/mol. The molecule has 0 bridgehead atoms. The summed E-state index contributed by atoms with van der Waals surface area (Å²) in [5.74, 6) is 1.08. The van der Waals surface area contributed by atoms with Crippen LogP contribution in [0.2, 0.25) is 0 Å². The van der Waals surface area contributed by atoms with E-state index in [0.29, 0.717) is 11.7 Å². The molecule has 0 N–H and O–H groups in total. The lowest BCUT2D eigenvalue weighted by atomic mass is 9.98. The maximum Gasteiger partial charge on any atom is 0.417 e. The Morgan fingerprint density at radius 2 is 1.86 bits per heavy atom. The third kappa shape index (κ3) is 3.74. The second kappa shape index (κ2) is 6.16. The van der Waals surface area contributed by atoms with E-state index in [1.807, 2.05) is 18.2 Å². The van der Waals surface area contributed by atoms with Crippen LogP contribution in [0.4, 0.5) is 13.2 Å². The van der Waals surface area contributed by atoms with Crippen molar-refractivity contribution in [2.75, 3.05) is 0 Å². The fourth-order valence-corrected chi connectivity index (χ4v) is 1.92. The zero-order valence-electron chi connectivity index (χ0n) is 11.8. The molecule has 2 nitrogen and oxygen atoms in total. The second-order valence-corrected chi connectivity index (χ2v) is 4.83. The molecular weight excluding hydrogens is 279 g/mol. The highest BCUT2D eigenvalue weighted by atomic mass is 19.4. The van der Waals surface area contributed by atoms with Gasteiger partial charge in [-0.3, -0.25) is 0 Å². The van der Waals surface area contributed by atoms with E-state index in [-0.39, 0.29) is 5.88 Å². The molecule has 0 saturated carbocycles. The summed E-state index contributed by atoms with van der Waals surface area (Å²) in [4.78, 5) is 3.72. The van der Waals surface area contributed by atoms with Gasteiger partial charge < -0.3 is 4.74 Å². The van der Waals surface area contributed by atoms with E-state index >= 15 is 0 Å². The van der Waals surface area contributed by atoms with Crippen molar-refractivity contribution in [3.05, 3.63) is 53.7 Å². The van der Waals surface area contributed by atoms with Gasteiger partial charge in [0, 0.05) is 12.3 Å². The van der Waals surface area contributed by atoms with Crippen molar-refractivity contribution in [3.63, 3.8) is 0 Å². The summed E-state index contributed by atoms with van der Waals surface area (Å²) in [6.07, 6.45) is -2.66. The minimum atomic E-state index is -4.39. The third-order valence-electron chi connectivity index (χ3n) is 3.34. The lowest BCUT2D eigenvalue weighted by molar-refractivity contribution is -0.137. The van der Waals surface area contributed by atoms with Crippen LogP contribution in [0.3, 0.4) is 0 Å². The second-order valence-electron chi connectivity index (χ2n) is 4.83. The largest absolute Gasteiger partial charge is 0.439 e. The molecule has 1 atom stereocenters. The fraction of sp³-hybridized carbons (Fsp3) is 0.312. The van der Waals surface area contributed by atoms with Gasteiger partial charge in [-0.1, -0.05) is 32.0 Å². The van der Waals surface area contributed by atoms with Gasteiger partial charge in [0.25, 0.3) is 0 Å². The van der Waals surface area contributed by atoms with Crippen LogP contribution in [-0.2, 0) is 6.18 Å². The number of pyridine rings is 1. The number of ether oxygens (including phenoxy) is 1. The molecule has 5 heteroatoms. The molecule has 1 unspecified atom stereocenters. The molecule has 21 heavy (non-hydrogen) atoms. The van der Waals surface area contributed by atoms with Gasteiger partial charge in [-0.2, -0.15) is 13.2 Å². The summed E-state index contributed by atoms with van der Waals surface area (Å²) in [5.41, 5.74) is 0.228. The van der Waals surface area contributed by atoms with Crippen molar-refractivity contribution in [2.24, 2.45) is 0 Å². The van der Waals surface area contributed by atoms with E-state index < -0.39 is 11.7 Å². The number of nitrogens with zero attached hydrogens (tertiary/aromatic N) is 1. The zero-order chi connectivity index (χ0) is 15.5. The maximum atomic E-state index is 12.5. The summed E-state index contributed by atoms with van der Waals surface area (Å²) in [6, 6.07) is 9.68. The smallest absolute Gasteiger partial charge is 0.417 e. The lowest BCUT2D eigenvalue weighted by Gasteiger charge is -2.15. The molecule has 2 rings (SSSR count). The van der Waals surface area contributed by atoms with Crippen LogP contribution in [0.1, 0.15) is 37.3 Å². The molecule has 1 heterocycles. The quantitative estimate of drug-likeness (QED) is 0.752. The molecule has 0 fully saturated rings. The Labute approximate surface area is 121 Å². The van der Waals surface area contributed by atoms with Crippen LogP contribution >= 0.6 is 0 Å². The molecule has 0 aliphatic carbocycles. The molecule has 0 amide bonds. The first-order valence-corrected chi connectivity index (χ1v) is 6.72. The minimum Gasteiger partial charge on any atom is -0.439 e. The number of alkyl halides is 3. The zero-order valence-corrected chi connectivity index (χ0v) is 11.8. The number of hydrogen-bond acceptors (Lipinski definition) is 2. The van der Waals surface area contributed by atoms with Gasteiger partial charge in [-0.25, -0.2) is 4.98 Å². The van der Waals surface area contributed by atoms with E-state index in [1.54, 1.807) is 6.07 Å². The lowest BCUT2D eigenvalue weighted by Crippen LogP contribution is -2.05. The van der Waals surface area contributed by atoms with Gasteiger partial charge in [-0.05, 0) is 30.0 Å². The van der Waals surface area contributed by atoms with Crippen LogP contribution in [-0.4, -0.2) is 4.98 Å². The number of aromatic nitrogens is 1. The Morgan fingerprint density at radius 1 is 1.14 bits per heavy atom. The molecule has 0 radical (unpaired) electrons. The normalized spacial score (nSPS) is 13.0. The average Bonchev–Trinajstić information content (AvgIpc) is 2.46. The number of hydrogen-bond donors (Lipinski definition) is 0.